The quantitative estimate of drug-likeness (QED) is 0.218. The Morgan fingerprint density at radius 2 is 1.64 bits per heavy atom. The van der Waals surface area contributed by atoms with Crippen molar-refractivity contribution in [2.75, 3.05) is 0 Å². The minimum Gasteiger partial charge on any atom is -0.460 e. The average Bonchev–Trinajstić information content (AvgIpc) is 3.53. The number of H-pyrrole nitrogens is 1. The fourth-order valence-corrected chi connectivity index (χ4v) is 8.50. The number of benzene rings is 5. The number of aromatic amines is 1. The van der Waals surface area contributed by atoms with E-state index in [2.05, 4.69) is 145 Å². The highest BCUT2D eigenvalue weighted by Crippen LogP contribution is 2.68. The maximum atomic E-state index is 6.59. The van der Waals surface area contributed by atoms with Gasteiger partial charge >= 0.3 is 0 Å². The van der Waals surface area contributed by atoms with Crippen LogP contribution in [-0.2, 0) is 5.41 Å². The lowest BCUT2D eigenvalue weighted by atomic mass is 9.85. The van der Waals surface area contributed by atoms with E-state index in [-0.39, 0.29) is 5.41 Å². The van der Waals surface area contributed by atoms with E-state index in [4.69, 9.17) is 9.15 Å². The monoisotopic (exact) mass is 603 g/mol. The summed E-state index contributed by atoms with van der Waals surface area (Å²) in [6.07, 6.45) is 15.3. The topological polar surface area (TPSA) is 38.2 Å². The van der Waals surface area contributed by atoms with Gasteiger partial charge in [0, 0.05) is 43.6 Å². The van der Waals surface area contributed by atoms with E-state index in [1.807, 2.05) is 0 Å². The fraction of sp³-hybridized carbons (Fsp3) is 0.0909. The molecule has 7 aromatic rings. The van der Waals surface area contributed by atoms with Crippen LogP contribution in [0.15, 0.2) is 138 Å². The summed E-state index contributed by atoms with van der Waals surface area (Å²) in [5.41, 5.74) is 12.7. The summed E-state index contributed by atoms with van der Waals surface area (Å²) in [5.74, 6) is 2.67. The first kappa shape index (κ1) is 25.4. The molecule has 47 heavy (non-hydrogen) atoms. The molecule has 222 valence electrons. The summed E-state index contributed by atoms with van der Waals surface area (Å²) in [5, 5.41) is 4.77. The van der Waals surface area contributed by atoms with Gasteiger partial charge in [0.15, 0.2) is 0 Å². The van der Waals surface area contributed by atoms with Crippen molar-refractivity contribution < 1.29 is 9.15 Å². The molecule has 3 heterocycles. The standard InChI is InChI=1S/C44H29NO2/c1-2-11-34-38(16-3-1)46-40-18-8-12-30(41(34)40)26-9-6-10-27(23-26)31-13-7-14-33-35-24-28(19-22-37(35)45-42(31)33)32-21-20-29-25-44(29)36-15-4-5-17-39(36)47-43(32)44/h1-2,4-24,29,45H,3,25H2. The summed E-state index contributed by atoms with van der Waals surface area (Å²) in [6.45, 7) is 0. The minimum atomic E-state index is 0.0142. The second kappa shape index (κ2) is 9.14. The first-order chi connectivity index (χ1) is 23.3. The van der Waals surface area contributed by atoms with Crippen molar-refractivity contribution in [3.8, 4) is 28.0 Å². The largest absolute Gasteiger partial charge is 0.460 e. The van der Waals surface area contributed by atoms with Gasteiger partial charge in [-0.1, -0.05) is 103 Å². The SMILES string of the molecule is C1=CCC=c2oc3cccc(-c4cccc(-c5cccc6c5[nH]c5ccc(C7=C8Oc9ccccc9C89CC9C=C7)cc56)c4)c3c2=C1. The van der Waals surface area contributed by atoms with Gasteiger partial charge in [-0.15, -0.1) is 0 Å². The highest BCUT2D eigenvalue weighted by molar-refractivity contribution is 6.13. The molecular formula is C44H29NO2. The summed E-state index contributed by atoms with van der Waals surface area (Å²) < 4.78 is 12.9. The van der Waals surface area contributed by atoms with Gasteiger partial charge in [0.1, 0.15) is 22.5 Å². The number of nitrogens with one attached hydrogen (secondary N) is 1. The van der Waals surface area contributed by atoms with Crippen molar-refractivity contribution in [2.24, 2.45) is 5.92 Å². The fourth-order valence-electron chi connectivity index (χ4n) is 8.50. The van der Waals surface area contributed by atoms with Gasteiger partial charge < -0.3 is 14.1 Å². The first-order valence-corrected chi connectivity index (χ1v) is 16.5. The maximum absolute atomic E-state index is 6.59. The third-order valence-corrected chi connectivity index (χ3v) is 10.8. The molecule has 3 nitrogen and oxygen atoms in total. The van der Waals surface area contributed by atoms with Gasteiger partial charge in [-0.2, -0.15) is 0 Å². The van der Waals surface area contributed by atoms with Gasteiger partial charge in [0.2, 0.25) is 0 Å². The number of furan rings is 1. The highest BCUT2D eigenvalue weighted by atomic mass is 16.5. The third-order valence-electron chi connectivity index (χ3n) is 10.8. The number of hydrogen-bond acceptors (Lipinski definition) is 2. The molecule has 1 fully saturated rings. The first-order valence-electron chi connectivity index (χ1n) is 16.5. The Morgan fingerprint density at radius 3 is 2.62 bits per heavy atom. The third kappa shape index (κ3) is 3.46. The molecule has 1 spiro atoms. The Morgan fingerprint density at radius 1 is 0.766 bits per heavy atom. The van der Waals surface area contributed by atoms with Crippen molar-refractivity contribution in [1.29, 1.82) is 0 Å². The lowest BCUT2D eigenvalue weighted by Gasteiger charge is -2.18. The average molecular weight is 604 g/mol. The molecule has 1 saturated carbocycles. The zero-order valence-corrected chi connectivity index (χ0v) is 25.6. The Balaban J connectivity index is 1.05. The van der Waals surface area contributed by atoms with E-state index in [0.29, 0.717) is 5.92 Å². The van der Waals surface area contributed by atoms with Crippen LogP contribution in [0.4, 0.5) is 0 Å². The molecule has 3 aliphatic carbocycles. The minimum absolute atomic E-state index is 0.0142. The van der Waals surface area contributed by atoms with Gasteiger partial charge in [-0.05, 0) is 77.4 Å². The summed E-state index contributed by atoms with van der Waals surface area (Å²) >= 11 is 0. The van der Waals surface area contributed by atoms with E-state index in [0.717, 1.165) is 51.6 Å². The number of fused-ring (bicyclic) bond motifs is 7. The second-order valence-corrected chi connectivity index (χ2v) is 13.3. The molecular weight excluding hydrogens is 574 g/mol. The second-order valence-electron chi connectivity index (χ2n) is 13.3. The summed E-state index contributed by atoms with van der Waals surface area (Å²) in [6, 6.07) is 37.3. The van der Waals surface area contributed by atoms with Crippen molar-refractivity contribution in [2.45, 2.75) is 18.3 Å². The molecule has 11 rings (SSSR count). The zero-order chi connectivity index (χ0) is 30.7. The van der Waals surface area contributed by atoms with Crippen molar-refractivity contribution >= 4 is 50.5 Å². The summed E-state index contributed by atoms with van der Waals surface area (Å²) in [4.78, 5) is 3.79. The van der Waals surface area contributed by atoms with Crippen LogP contribution in [0, 0.1) is 5.92 Å². The Hall–Kier alpha value is -5.80. The molecule has 2 aromatic heterocycles. The molecule has 0 bridgehead atoms. The number of rotatable bonds is 3. The number of ether oxygens (including phenoxy) is 1. The molecule has 2 atom stereocenters. The van der Waals surface area contributed by atoms with Crippen LogP contribution in [-0.4, -0.2) is 4.98 Å². The van der Waals surface area contributed by atoms with Crippen LogP contribution in [0.5, 0.6) is 5.75 Å². The van der Waals surface area contributed by atoms with E-state index < -0.39 is 0 Å². The maximum Gasteiger partial charge on any atom is 0.136 e. The summed E-state index contributed by atoms with van der Waals surface area (Å²) in [7, 11) is 0. The van der Waals surface area contributed by atoms with Gasteiger partial charge in [-0.25, -0.2) is 0 Å². The molecule has 1 aliphatic heterocycles. The Bertz CT molecular complexity index is 2730. The van der Waals surface area contributed by atoms with Crippen molar-refractivity contribution in [3.63, 3.8) is 0 Å². The van der Waals surface area contributed by atoms with Crippen LogP contribution in [0.2, 0.25) is 0 Å². The van der Waals surface area contributed by atoms with Crippen LogP contribution in [0.3, 0.4) is 0 Å². The molecule has 3 heteroatoms. The predicted octanol–water partition coefficient (Wildman–Crippen LogP) is 9.55. The molecule has 0 saturated heterocycles. The Labute approximate surface area is 271 Å². The molecule has 5 aromatic carbocycles. The number of para-hydroxylation sites is 2. The van der Waals surface area contributed by atoms with E-state index >= 15 is 0 Å². The van der Waals surface area contributed by atoms with Crippen LogP contribution >= 0.6 is 0 Å². The van der Waals surface area contributed by atoms with Gasteiger partial charge in [-0.3, -0.25) is 0 Å². The van der Waals surface area contributed by atoms with Gasteiger partial charge in [0.05, 0.1) is 10.9 Å². The normalized spacial score (nSPS) is 20.3. The van der Waals surface area contributed by atoms with Crippen molar-refractivity contribution in [3.05, 3.63) is 155 Å². The van der Waals surface area contributed by atoms with Crippen LogP contribution in [0.1, 0.15) is 24.0 Å². The zero-order valence-electron chi connectivity index (χ0n) is 25.6. The van der Waals surface area contributed by atoms with Crippen LogP contribution in [0.25, 0.3) is 72.8 Å². The Kier molecular flexibility index (Phi) is 4.94. The predicted molar refractivity (Wildman–Crippen MR) is 191 cm³/mol. The van der Waals surface area contributed by atoms with Gasteiger partial charge in [0.25, 0.3) is 0 Å². The molecule has 1 N–H and O–H groups in total. The highest BCUT2D eigenvalue weighted by Gasteiger charge is 2.64. The molecule has 4 aliphatic rings. The molecule has 0 radical (unpaired) electrons. The van der Waals surface area contributed by atoms with Crippen LogP contribution < -0.4 is 15.4 Å². The number of allylic oxidation sites excluding steroid dienone is 6. The van der Waals surface area contributed by atoms with E-state index in [1.165, 1.54) is 55.1 Å². The molecule has 2 unspecified atom stereocenters. The lowest BCUT2D eigenvalue weighted by Crippen LogP contribution is -2.19. The molecule has 0 amide bonds. The smallest absolute Gasteiger partial charge is 0.136 e. The number of hydrogen-bond donors (Lipinski definition) is 1. The number of aromatic nitrogens is 1. The van der Waals surface area contributed by atoms with E-state index in [9.17, 15) is 0 Å². The van der Waals surface area contributed by atoms with E-state index in [1.54, 1.807) is 0 Å². The van der Waals surface area contributed by atoms with Crippen molar-refractivity contribution in [1.82, 2.24) is 4.98 Å². The lowest BCUT2D eigenvalue weighted by molar-refractivity contribution is 0.420.